The van der Waals surface area contributed by atoms with Gasteiger partial charge in [0.05, 0.1) is 4.90 Å². The third-order valence-electron chi connectivity index (χ3n) is 3.05. The zero-order valence-electron chi connectivity index (χ0n) is 14.3. The first-order chi connectivity index (χ1) is 11.0. The minimum Gasteiger partial charge on any atom is -0.298 e. The van der Waals surface area contributed by atoms with Crippen molar-refractivity contribution in [3.05, 3.63) is 40.4 Å². The van der Waals surface area contributed by atoms with Crippen LogP contribution in [0.25, 0.3) is 0 Å². The van der Waals surface area contributed by atoms with Crippen molar-refractivity contribution in [1.82, 2.24) is 9.71 Å². The van der Waals surface area contributed by atoms with E-state index in [9.17, 15) is 13.2 Å². The Morgan fingerprint density at radius 1 is 1.21 bits per heavy atom. The fraction of sp³-hybridized carbons (Fsp3) is 0.375. The molecular formula is C16H21N3O3S2. The first-order valence-electron chi connectivity index (χ1n) is 7.36. The maximum absolute atomic E-state index is 12.4. The number of hydrogen-bond acceptors (Lipinski definition) is 5. The summed E-state index contributed by atoms with van der Waals surface area (Å²) in [5.74, 6) is -0.380. The summed E-state index contributed by atoms with van der Waals surface area (Å²) < 4.78 is 27.5. The largest absolute Gasteiger partial charge is 0.298 e. The van der Waals surface area contributed by atoms with E-state index in [0.717, 1.165) is 4.88 Å². The van der Waals surface area contributed by atoms with E-state index in [1.165, 1.54) is 23.5 Å². The number of carbonyl (C=O) groups is 1. The van der Waals surface area contributed by atoms with Gasteiger partial charge in [-0.15, -0.1) is 11.3 Å². The van der Waals surface area contributed by atoms with Gasteiger partial charge in [-0.1, -0.05) is 6.07 Å². The number of hydrogen-bond donors (Lipinski definition) is 2. The van der Waals surface area contributed by atoms with Crippen LogP contribution in [0.4, 0.5) is 5.13 Å². The van der Waals surface area contributed by atoms with Gasteiger partial charge in [0, 0.05) is 22.2 Å². The van der Waals surface area contributed by atoms with E-state index in [2.05, 4.69) is 15.0 Å². The van der Waals surface area contributed by atoms with E-state index in [-0.39, 0.29) is 10.8 Å². The Bertz CT molecular complexity index is 865. The van der Waals surface area contributed by atoms with Crippen molar-refractivity contribution in [2.45, 2.75) is 45.1 Å². The van der Waals surface area contributed by atoms with Crippen molar-refractivity contribution in [3.8, 4) is 0 Å². The fourth-order valence-electron chi connectivity index (χ4n) is 2.05. The lowest BCUT2D eigenvalue weighted by molar-refractivity contribution is 0.102. The van der Waals surface area contributed by atoms with Crippen LogP contribution < -0.4 is 10.0 Å². The van der Waals surface area contributed by atoms with Gasteiger partial charge in [0.25, 0.3) is 5.91 Å². The molecule has 0 atom stereocenters. The molecule has 1 amide bonds. The molecule has 8 heteroatoms. The summed E-state index contributed by atoms with van der Waals surface area (Å²) in [4.78, 5) is 17.6. The van der Waals surface area contributed by atoms with E-state index in [4.69, 9.17) is 0 Å². The molecule has 2 aromatic rings. The molecule has 2 N–H and O–H groups in total. The number of aromatic nitrogens is 1. The van der Waals surface area contributed by atoms with Crippen molar-refractivity contribution < 1.29 is 13.2 Å². The Morgan fingerprint density at radius 3 is 2.42 bits per heavy atom. The molecule has 0 saturated carbocycles. The van der Waals surface area contributed by atoms with Gasteiger partial charge in [0.2, 0.25) is 10.0 Å². The topological polar surface area (TPSA) is 88.2 Å². The van der Waals surface area contributed by atoms with E-state index in [0.29, 0.717) is 16.3 Å². The molecule has 0 radical (unpaired) electrons. The number of nitrogens with zero attached hydrogens (tertiary/aromatic N) is 1. The van der Waals surface area contributed by atoms with Gasteiger partial charge in [0.1, 0.15) is 0 Å². The minimum atomic E-state index is -3.70. The van der Waals surface area contributed by atoms with Gasteiger partial charge in [-0.3, -0.25) is 10.1 Å². The second kappa shape index (κ2) is 6.62. The van der Waals surface area contributed by atoms with Crippen LogP contribution in [0.15, 0.2) is 29.3 Å². The molecule has 0 spiro atoms. The van der Waals surface area contributed by atoms with Crippen LogP contribution in [0, 0.1) is 13.8 Å². The quantitative estimate of drug-likeness (QED) is 0.869. The predicted octanol–water partition coefficient (Wildman–Crippen LogP) is 3.09. The average molecular weight is 367 g/mol. The Morgan fingerprint density at radius 2 is 1.88 bits per heavy atom. The van der Waals surface area contributed by atoms with Crippen molar-refractivity contribution in [3.63, 3.8) is 0 Å². The van der Waals surface area contributed by atoms with Gasteiger partial charge in [-0.25, -0.2) is 18.1 Å². The van der Waals surface area contributed by atoms with Crippen LogP contribution in [-0.2, 0) is 10.0 Å². The van der Waals surface area contributed by atoms with Crippen LogP contribution >= 0.6 is 11.3 Å². The average Bonchev–Trinajstić information content (AvgIpc) is 2.81. The second-order valence-electron chi connectivity index (χ2n) is 6.56. The summed E-state index contributed by atoms with van der Waals surface area (Å²) in [6.45, 7) is 8.94. The van der Waals surface area contributed by atoms with Gasteiger partial charge in [-0.2, -0.15) is 0 Å². The Labute approximate surface area is 146 Å². The maximum atomic E-state index is 12.4. The van der Waals surface area contributed by atoms with E-state index in [1.54, 1.807) is 40.0 Å². The van der Waals surface area contributed by atoms with Gasteiger partial charge in [-0.05, 0) is 52.3 Å². The number of nitrogens with one attached hydrogen (secondary N) is 2. The summed E-state index contributed by atoms with van der Waals surface area (Å²) in [5, 5.41) is 3.18. The molecule has 1 aromatic carbocycles. The molecule has 6 nitrogen and oxygen atoms in total. The van der Waals surface area contributed by atoms with Crippen molar-refractivity contribution in [1.29, 1.82) is 0 Å². The van der Waals surface area contributed by atoms with Crippen molar-refractivity contribution in [2.24, 2.45) is 0 Å². The first kappa shape index (κ1) is 18.6. The molecule has 0 aliphatic rings. The van der Waals surface area contributed by atoms with Crippen LogP contribution in [-0.4, -0.2) is 24.8 Å². The number of anilines is 1. The lowest BCUT2D eigenvalue weighted by atomic mass is 10.1. The number of sulfonamides is 1. The van der Waals surface area contributed by atoms with Crippen molar-refractivity contribution >= 4 is 32.4 Å². The van der Waals surface area contributed by atoms with Gasteiger partial charge < -0.3 is 0 Å². The highest BCUT2D eigenvalue weighted by Gasteiger charge is 2.23. The molecule has 130 valence electrons. The summed E-state index contributed by atoms with van der Waals surface area (Å²) in [7, 11) is -3.70. The molecule has 0 unspecified atom stereocenters. The van der Waals surface area contributed by atoms with E-state index in [1.807, 2.05) is 6.92 Å². The molecule has 2 rings (SSSR count). The highest BCUT2D eigenvalue weighted by Crippen LogP contribution is 2.21. The number of carbonyl (C=O) groups excluding carboxylic acids is 1. The number of benzene rings is 1. The molecule has 0 fully saturated rings. The summed E-state index contributed by atoms with van der Waals surface area (Å²) in [6.07, 6.45) is 1.67. The normalized spacial score (nSPS) is 12.2. The standard InChI is InChI=1S/C16H21N3O3S2/c1-10-6-7-12(24(21,22)19-16(3,4)5)8-13(10)14(20)18-15-17-9-11(2)23-15/h6-9,19H,1-5H3,(H,17,18,20). The number of thiazole rings is 1. The maximum Gasteiger partial charge on any atom is 0.257 e. The minimum absolute atomic E-state index is 0.0588. The molecule has 24 heavy (non-hydrogen) atoms. The Balaban J connectivity index is 2.33. The zero-order valence-corrected chi connectivity index (χ0v) is 15.9. The van der Waals surface area contributed by atoms with Crippen LogP contribution in [0.2, 0.25) is 0 Å². The first-order valence-corrected chi connectivity index (χ1v) is 9.66. The third kappa shape index (κ3) is 4.62. The molecule has 1 heterocycles. The summed E-state index contributed by atoms with van der Waals surface area (Å²) in [6, 6.07) is 4.51. The summed E-state index contributed by atoms with van der Waals surface area (Å²) >= 11 is 1.36. The van der Waals surface area contributed by atoms with Crippen molar-refractivity contribution in [2.75, 3.05) is 5.32 Å². The Hall–Kier alpha value is -1.77. The lowest BCUT2D eigenvalue weighted by Crippen LogP contribution is -2.40. The highest BCUT2D eigenvalue weighted by molar-refractivity contribution is 7.89. The van der Waals surface area contributed by atoms with Crippen LogP contribution in [0.1, 0.15) is 41.6 Å². The number of aryl methyl sites for hydroxylation is 2. The van der Waals surface area contributed by atoms with E-state index >= 15 is 0 Å². The van der Waals surface area contributed by atoms with Crippen LogP contribution in [0.3, 0.4) is 0 Å². The Kier molecular flexibility index (Phi) is 5.12. The molecular weight excluding hydrogens is 346 g/mol. The molecule has 0 aliphatic heterocycles. The lowest BCUT2D eigenvalue weighted by Gasteiger charge is -2.20. The molecule has 0 bridgehead atoms. The van der Waals surface area contributed by atoms with Gasteiger partial charge in [0.15, 0.2) is 5.13 Å². The van der Waals surface area contributed by atoms with Gasteiger partial charge >= 0.3 is 0 Å². The van der Waals surface area contributed by atoms with Crippen LogP contribution in [0.5, 0.6) is 0 Å². The zero-order chi connectivity index (χ0) is 18.1. The molecule has 0 aliphatic carbocycles. The third-order valence-corrected chi connectivity index (χ3v) is 5.63. The molecule has 0 saturated heterocycles. The number of rotatable bonds is 4. The highest BCUT2D eigenvalue weighted by atomic mass is 32.2. The fourth-order valence-corrected chi connectivity index (χ4v) is 4.16. The predicted molar refractivity (Wildman–Crippen MR) is 96.1 cm³/mol. The SMILES string of the molecule is Cc1cnc(NC(=O)c2cc(S(=O)(=O)NC(C)(C)C)ccc2C)s1. The van der Waals surface area contributed by atoms with E-state index < -0.39 is 15.6 Å². The monoisotopic (exact) mass is 367 g/mol. The second-order valence-corrected chi connectivity index (χ2v) is 9.48. The summed E-state index contributed by atoms with van der Waals surface area (Å²) in [5.41, 5.74) is 0.389. The smallest absolute Gasteiger partial charge is 0.257 e. The number of amides is 1. The molecule has 1 aromatic heterocycles.